The normalized spacial score (nSPS) is 22.2. The number of likely N-dealkylation sites (tertiary alicyclic amines) is 1. The number of Topliss-reactive ketones (excluding diaryl/α,β-unsaturated/α-hetero) is 1. The molecule has 1 aromatic heterocycles. The molecule has 4 nitrogen and oxygen atoms in total. The number of hydrogen-bond donors (Lipinski definition) is 1. The van der Waals surface area contributed by atoms with Crippen LogP contribution in [0.4, 0.5) is 0 Å². The molecule has 0 radical (unpaired) electrons. The number of ketones is 1. The second kappa shape index (κ2) is 5.52. The van der Waals surface area contributed by atoms with E-state index in [1.165, 1.54) is 17.8 Å². The third-order valence-corrected chi connectivity index (χ3v) is 3.79. The Morgan fingerprint density at radius 3 is 3.25 bits per heavy atom. The van der Waals surface area contributed by atoms with E-state index in [0.29, 0.717) is 17.5 Å². The van der Waals surface area contributed by atoms with Crippen molar-refractivity contribution >= 4 is 17.1 Å². The van der Waals surface area contributed by atoms with Crippen LogP contribution in [0.3, 0.4) is 0 Å². The lowest BCUT2D eigenvalue weighted by molar-refractivity contribution is 0.0889. The SMILES string of the molecule is NCC1CCCN(CC(=O)c2nccs2)C1. The van der Waals surface area contributed by atoms with Gasteiger partial charge in [0.15, 0.2) is 5.01 Å². The van der Waals surface area contributed by atoms with Gasteiger partial charge in [-0.05, 0) is 31.8 Å². The molecule has 1 fully saturated rings. The summed E-state index contributed by atoms with van der Waals surface area (Å²) in [6.07, 6.45) is 4.02. The predicted octanol–water partition coefficient (Wildman–Crippen LogP) is 0.996. The highest BCUT2D eigenvalue weighted by Crippen LogP contribution is 2.16. The van der Waals surface area contributed by atoms with Gasteiger partial charge in [0.05, 0.1) is 6.54 Å². The van der Waals surface area contributed by atoms with Gasteiger partial charge in [-0.15, -0.1) is 11.3 Å². The van der Waals surface area contributed by atoms with E-state index >= 15 is 0 Å². The van der Waals surface area contributed by atoms with Gasteiger partial charge < -0.3 is 5.73 Å². The van der Waals surface area contributed by atoms with Gasteiger partial charge in [-0.2, -0.15) is 0 Å². The van der Waals surface area contributed by atoms with Crippen molar-refractivity contribution in [1.82, 2.24) is 9.88 Å². The second-order valence-corrected chi connectivity index (χ2v) is 5.13. The number of hydrogen-bond acceptors (Lipinski definition) is 5. The first kappa shape index (κ1) is 11.7. The summed E-state index contributed by atoms with van der Waals surface area (Å²) >= 11 is 1.41. The van der Waals surface area contributed by atoms with E-state index in [2.05, 4.69) is 9.88 Å². The molecule has 88 valence electrons. The zero-order chi connectivity index (χ0) is 11.4. The summed E-state index contributed by atoms with van der Waals surface area (Å²) in [5, 5.41) is 2.46. The van der Waals surface area contributed by atoms with E-state index < -0.39 is 0 Å². The Labute approximate surface area is 99.5 Å². The number of carbonyl (C=O) groups excluding carboxylic acids is 1. The number of thiazole rings is 1. The third-order valence-electron chi connectivity index (χ3n) is 2.97. The smallest absolute Gasteiger partial charge is 0.205 e. The highest BCUT2D eigenvalue weighted by atomic mass is 32.1. The van der Waals surface area contributed by atoms with Crippen molar-refractivity contribution in [3.63, 3.8) is 0 Å². The number of rotatable bonds is 4. The van der Waals surface area contributed by atoms with Gasteiger partial charge in [-0.3, -0.25) is 9.69 Å². The van der Waals surface area contributed by atoms with Crippen LogP contribution < -0.4 is 5.73 Å². The minimum atomic E-state index is 0.132. The fourth-order valence-electron chi connectivity index (χ4n) is 2.12. The topological polar surface area (TPSA) is 59.2 Å². The van der Waals surface area contributed by atoms with Gasteiger partial charge in [0, 0.05) is 18.1 Å². The molecule has 0 bridgehead atoms. The summed E-state index contributed by atoms with van der Waals surface area (Å²) in [6.45, 7) is 3.17. The second-order valence-electron chi connectivity index (χ2n) is 4.24. The largest absolute Gasteiger partial charge is 0.330 e. The summed E-state index contributed by atoms with van der Waals surface area (Å²) in [4.78, 5) is 18.1. The van der Waals surface area contributed by atoms with E-state index in [1.807, 2.05) is 5.38 Å². The van der Waals surface area contributed by atoms with Crippen LogP contribution in [0.2, 0.25) is 0 Å². The molecule has 5 heteroatoms. The first-order valence-corrected chi connectivity index (χ1v) is 6.52. The van der Waals surface area contributed by atoms with Gasteiger partial charge in [0.25, 0.3) is 0 Å². The quantitative estimate of drug-likeness (QED) is 0.796. The Hall–Kier alpha value is -0.780. The van der Waals surface area contributed by atoms with Crippen LogP contribution in [0.25, 0.3) is 0 Å². The van der Waals surface area contributed by atoms with Gasteiger partial charge >= 0.3 is 0 Å². The Morgan fingerprint density at radius 1 is 1.69 bits per heavy atom. The van der Waals surface area contributed by atoms with E-state index in [1.54, 1.807) is 6.20 Å². The zero-order valence-electron chi connectivity index (χ0n) is 9.26. The van der Waals surface area contributed by atoms with Gasteiger partial charge in [-0.25, -0.2) is 4.98 Å². The van der Waals surface area contributed by atoms with E-state index in [9.17, 15) is 4.79 Å². The molecule has 1 saturated heterocycles. The first-order valence-electron chi connectivity index (χ1n) is 5.64. The van der Waals surface area contributed by atoms with Crippen LogP contribution >= 0.6 is 11.3 Å². The van der Waals surface area contributed by atoms with Crippen molar-refractivity contribution < 1.29 is 4.79 Å². The number of carbonyl (C=O) groups is 1. The van der Waals surface area contributed by atoms with Gasteiger partial charge in [0.2, 0.25) is 5.78 Å². The van der Waals surface area contributed by atoms with Crippen LogP contribution in [0.5, 0.6) is 0 Å². The van der Waals surface area contributed by atoms with Crippen molar-refractivity contribution in [3.05, 3.63) is 16.6 Å². The average Bonchev–Trinajstić information content (AvgIpc) is 2.83. The molecule has 0 amide bonds. The molecule has 2 N–H and O–H groups in total. The monoisotopic (exact) mass is 239 g/mol. The van der Waals surface area contributed by atoms with Crippen molar-refractivity contribution in [2.75, 3.05) is 26.2 Å². The molecule has 16 heavy (non-hydrogen) atoms. The number of piperidine rings is 1. The number of nitrogens with two attached hydrogens (primary N) is 1. The van der Waals surface area contributed by atoms with Crippen molar-refractivity contribution in [2.24, 2.45) is 11.7 Å². The lowest BCUT2D eigenvalue weighted by Gasteiger charge is -2.31. The maximum Gasteiger partial charge on any atom is 0.205 e. The lowest BCUT2D eigenvalue weighted by Crippen LogP contribution is -2.41. The summed E-state index contributed by atoms with van der Waals surface area (Å²) in [6, 6.07) is 0. The number of nitrogens with zero attached hydrogens (tertiary/aromatic N) is 2. The van der Waals surface area contributed by atoms with Crippen LogP contribution in [0, 0.1) is 5.92 Å². The standard InChI is InChI=1S/C11H17N3OS/c12-6-9-2-1-4-14(7-9)8-10(15)11-13-3-5-16-11/h3,5,9H,1-2,4,6-8,12H2. The molecular formula is C11H17N3OS. The molecule has 1 aliphatic heterocycles. The van der Waals surface area contributed by atoms with E-state index in [4.69, 9.17) is 5.73 Å². The third kappa shape index (κ3) is 2.87. The molecule has 2 heterocycles. The predicted molar refractivity (Wildman–Crippen MR) is 64.7 cm³/mol. The first-order chi connectivity index (χ1) is 7.79. The molecule has 2 rings (SSSR count). The molecule has 0 aliphatic carbocycles. The number of aromatic nitrogens is 1. The molecule has 1 unspecified atom stereocenters. The highest BCUT2D eigenvalue weighted by Gasteiger charge is 2.21. The van der Waals surface area contributed by atoms with Crippen LogP contribution in [0.1, 0.15) is 22.6 Å². The molecule has 1 aliphatic rings. The summed E-state index contributed by atoms with van der Waals surface area (Å²) in [5.74, 6) is 0.686. The minimum Gasteiger partial charge on any atom is -0.330 e. The maximum absolute atomic E-state index is 11.8. The van der Waals surface area contributed by atoms with E-state index in [0.717, 1.165) is 26.1 Å². The van der Waals surface area contributed by atoms with Crippen molar-refractivity contribution in [3.8, 4) is 0 Å². The molecule has 0 spiro atoms. The molecular weight excluding hydrogens is 222 g/mol. The summed E-state index contributed by atoms with van der Waals surface area (Å²) < 4.78 is 0. The van der Waals surface area contributed by atoms with Gasteiger partial charge in [0.1, 0.15) is 0 Å². The molecule has 0 saturated carbocycles. The van der Waals surface area contributed by atoms with Crippen LogP contribution in [-0.2, 0) is 0 Å². The van der Waals surface area contributed by atoms with Crippen LogP contribution in [-0.4, -0.2) is 41.8 Å². The van der Waals surface area contributed by atoms with Gasteiger partial charge in [-0.1, -0.05) is 0 Å². The Kier molecular flexibility index (Phi) is 4.04. The molecule has 0 aromatic carbocycles. The molecule has 1 atom stereocenters. The average molecular weight is 239 g/mol. The fraction of sp³-hybridized carbons (Fsp3) is 0.636. The highest BCUT2D eigenvalue weighted by molar-refractivity contribution is 7.11. The van der Waals surface area contributed by atoms with E-state index in [-0.39, 0.29) is 5.78 Å². The maximum atomic E-state index is 11.8. The Morgan fingerprint density at radius 2 is 2.56 bits per heavy atom. The lowest BCUT2D eigenvalue weighted by atomic mass is 9.98. The van der Waals surface area contributed by atoms with Crippen molar-refractivity contribution in [2.45, 2.75) is 12.8 Å². The Bertz CT molecular complexity index is 339. The van der Waals surface area contributed by atoms with Crippen molar-refractivity contribution in [1.29, 1.82) is 0 Å². The Balaban J connectivity index is 1.87. The minimum absolute atomic E-state index is 0.132. The fourth-order valence-corrected chi connectivity index (χ4v) is 2.69. The summed E-state index contributed by atoms with van der Waals surface area (Å²) in [7, 11) is 0. The van der Waals surface area contributed by atoms with Crippen LogP contribution in [0.15, 0.2) is 11.6 Å². The zero-order valence-corrected chi connectivity index (χ0v) is 10.1. The molecule has 1 aromatic rings. The summed E-state index contributed by atoms with van der Waals surface area (Å²) in [5.41, 5.74) is 5.67.